The van der Waals surface area contributed by atoms with Gasteiger partial charge in [-0.05, 0) is 25.3 Å². The predicted octanol–water partition coefficient (Wildman–Crippen LogP) is 3.51. The van der Waals surface area contributed by atoms with Crippen molar-refractivity contribution in [3.8, 4) is 0 Å². The molecule has 0 spiro atoms. The molecule has 0 unspecified atom stereocenters. The quantitative estimate of drug-likeness (QED) is 0.778. The van der Waals surface area contributed by atoms with Crippen LogP contribution in [-0.2, 0) is 9.53 Å². The van der Waals surface area contributed by atoms with Gasteiger partial charge in [-0.15, -0.1) is 0 Å². The maximum Gasteiger partial charge on any atom is 0.224 e. The van der Waals surface area contributed by atoms with Gasteiger partial charge < -0.3 is 9.64 Å². The topological polar surface area (TPSA) is 32.8 Å². The van der Waals surface area contributed by atoms with E-state index in [1.54, 1.807) is 19.0 Å². The summed E-state index contributed by atoms with van der Waals surface area (Å²) in [6.07, 6.45) is 2.70. The second-order valence-electron chi connectivity index (χ2n) is 6.38. The van der Waals surface area contributed by atoms with E-state index in [0.717, 1.165) is 32.2 Å². The fourth-order valence-corrected chi connectivity index (χ4v) is 2.06. The highest BCUT2D eigenvalue weighted by atomic mass is 16.5. The Hall–Kier alpha value is -0.610. The molecule has 4 heteroatoms. The number of nitrogens with zero attached hydrogens (tertiary/aromatic N) is 2. The highest BCUT2D eigenvalue weighted by Gasteiger charge is 2.09. The lowest BCUT2D eigenvalue weighted by Crippen LogP contribution is -2.36. The van der Waals surface area contributed by atoms with Crippen molar-refractivity contribution in [2.45, 2.75) is 54.4 Å². The number of rotatable bonds is 5. The number of hydrogen-bond acceptors (Lipinski definition) is 3. The third-order valence-electron chi connectivity index (χ3n) is 3.29. The van der Waals surface area contributed by atoms with E-state index in [9.17, 15) is 4.79 Å². The first-order valence-corrected chi connectivity index (χ1v) is 8.85. The molecule has 0 saturated carbocycles. The van der Waals surface area contributed by atoms with Gasteiger partial charge in [0.05, 0.1) is 13.2 Å². The zero-order chi connectivity index (χ0) is 17.5. The van der Waals surface area contributed by atoms with E-state index < -0.39 is 0 Å². The Morgan fingerprint density at radius 2 is 1.59 bits per heavy atom. The van der Waals surface area contributed by atoms with E-state index in [1.807, 2.05) is 27.7 Å². The maximum atomic E-state index is 10.8. The van der Waals surface area contributed by atoms with E-state index in [4.69, 9.17) is 4.74 Å². The lowest BCUT2D eigenvalue weighted by atomic mass is 10.1. The molecule has 4 nitrogen and oxygen atoms in total. The van der Waals surface area contributed by atoms with Gasteiger partial charge in [0.1, 0.15) is 0 Å². The van der Waals surface area contributed by atoms with Crippen LogP contribution in [0.25, 0.3) is 0 Å². The number of hydrogen-bond donors (Lipinski definition) is 0. The number of carbonyl (C=O) groups excluding carboxylic acids is 1. The molecule has 1 heterocycles. The fourth-order valence-electron chi connectivity index (χ4n) is 2.06. The van der Waals surface area contributed by atoms with Crippen molar-refractivity contribution in [3.05, 3.63) is 0 Å². The Bertz CT molecular complexity index is 237. The molecule has 1 aliphatic heterocycles. The molecule has 1 fully saturated rings. The van der Waals surface area contributed by atoms with Crippen molar-refractivity contribution in [3.63, 3.8) is 0 Å². The summed E-state index contributed by atoms with van der Waals surface area (Å²) in [5, 5.41) is 0. The highest BCUT2D eigenvalue weighted by molar-refractivity contribution is 5.77. The molecule has 0 N–H and O–H groups in total. The van der Waals surface area contributed by atoms with Crippen molar-refractivity contribution in [1.29, 1.82) is 0 Å². The van der Waals surface area contributed by atoms with Crippen LogP contribution in [0.1, 0.15) is 54.4 Å². The standard InChI is InChI=1S/C10H21NO.C6H13NO.C2H6/c1-10(2)4-3-5-11-6-8-12-9-7-11;1-5(2)6(8)7(3)4;1-2/h10H,3-9H2,1-2H3;5H,1-4H3;1-2H3. The summed E-state index contributed by atoms with van der Waals surface area (Å²) < 4.78 is 5.29. The van der Waals surface area contributed by atoms with E-state index in [-0.39, 0.29) is 11.8 Å². The molecule has 1 amide bonds. The molecule has 134 valence electrons. The molecular weight excluding hydrogens is 276 g/mol. The Kier molecular flexibility index (Phi) is 16.4. The SMILES string of the molecule is CC.CC(C)C(=O)N(C)C.CC(C)CCCN1CCOCC1. The molecule has 1 saturated heterocycles. The second-order valence-corrected chi connectivity index (χ2v) is 6.38. The summed E-state index contributed by atoms with van der Waals surface area (Å²) in [6.45, 7) is 17.8. The van der Waals surface area contributed by atoms with Crippen LogP contribution < -0.4 is 0 Å². The average Bonchev–Trinajstić information content (AvgIpc) is 2.49. The molecule has 22 heavy (non-hydrogen) atoms. The van der Waals surface area contributed by atoms with Crippen LogP contribution in [0.3, 0.4) is 0 Å². The van der Waals surface area contributed by atoms with Crippen molar-refractivity contribution in [2.75, 3.05) is 46.9 Å². The van der Waals surface area contributed by atoms with Crippen LogP contribution in [0.2, 0.25) is 0 Å². The highest BCUT2D eigenvalue weighted by Crippen LogP contribution is 2.05. The minimum atomic E-state index is 0.130. The van der Waals surface area contributed by atoms with Crippen molar-refractivity contribution < 1.29 is 9.53 Å². The molecule has 0 aliphatic carbocycles. The summed E-state index contributed by atoms with van der Waals surface area (Å²) in [5.41, 5.74) is 0. The van der Waals surface area contributed by atoms with Gasteiger partial charge in [0, 0.05) is 33.1 Å². The van der Waals surface area contributed by atoms with E-state index >= 15 is 0 Å². The summed E-state index contributed by atoms with van der Waals surface area (Å²) in [5.74, 6) is 1.17. The van der Waals surface area contributed by atoms with Crippen LogP contribution in [-0.4, -0.2) is 62.7 Å². The summed E-state index contributed by atoms with van der Waals surface area (Å²) >= 11 is 0. The minimum absolute atomic E-state index is 0.130. The Morgan fingerprint density at radius 1 is 1.09 bits per heavy atom. The van der Waals surface area contributed by atoms with E-state index in [2.05, 4.69) is 18.7 Å². The zero-order valence-electron chi connectivity index (χ0n) is 16.3. The van der Waals surface area contributed by atoms with Gasteiger partial charge in [-0.25, -0.2) is 0 Å². The van der Waals surface area contributed by atoms with Gasteiger partial charge in [0.15, 0.2) is 0 Å². The fraction of sp³-hybridized carbons (Fsp3) is 0.944. The maximum absolute atomic E-state index is 10.8. The van der Waals surface area contributed by atoms with Crippen molar-refractivity contribution >= 4 is 5.91 Å². The largest absolute Gasteiger partial charge is 0.379 e. The molecule has 0 aromatic heterocycles. The number of carbonyl (C=O) groups is 1. The van der Waals surface area contributed by atoms with Gasteiger partial charge in [0.2, 0.25) is 5.91 Å². The molecule has 1 aliphatic rings. The van der Waals surface area contributed by atoms with Gasteiger partial charge in [-0.2, -0.15) is 0 Å². The minimum Gasteiger partial charge on any atom is -0.379 e. The Balaban J connectivity index is 0. The summed E-state index contributed by atoms with van der Waals surface area (Å²) in [7, 11) is 3.53. The Labute approximate surface area is 139 Å². The van der Waals surface area contributed by atoms with Gasteiger partial charge in [-0.3, -0.25) is 9.69 Å². The van der Waals surface area contributed by atoms with E-state index in [1.165, 1.54) is 19.4 Å². The van der Waals surface area contributed by atoms with Crippen LogP contribution in [0.15, 0.2) is 0 Å². The molecule has 0 aromatic carbocycles. The molecule has 1 rings (SSSR count). The lowest BCUT2D eigenvalue weighted by molar-refractivity contribution is -0.131. The van der Waals surface area contributed by atoms with Gasteiger partial charge in [0.25, 0.3) is 0 Å². The lowest BCUT2D eigenvalue weighted by Gasteiger charge is -2.26. The van der Waals surface area contributed by atoms with E-state index in [0.29, 0.717) is 0 Å². The first kappa shape index (κ1) is 23.7. The molecular formula is C18H40N2O2. The first-order chi connectivity index (χ1) is 10.3. The first-order valence-electron chi connectivity index (χ1n) is 8.85. The number of amides is 1. The Morgan fingerprint density at radius 3 is 1.91 bits per heavy atom. The number of ether oxygens (including phenoxy) is 1. The predicted molar refractivity (Wildman–Crippen MR) is 96.2 cm³/mol. The van der Waals surface area contributed by atoms with Crippen molar-refractivity contribution in [1.82, 2.24) is 9.80 Å². The van der Waals surface area contributed by atoms with Crippen LogP contribution in [0.5, 0.6) is 0 Å². The third-order valence-corrected chi connectivity index (χ3v) is 3.29. The van der Waals surface area contributed by atoms with Crippen LogP contribution >= 0.6 is 0 Å². The third kappa shape index (κ3) is 14.3. The second kappa shape index (κ2) is 15.3. The van der Waals surface area contributed by atoms with Crippen LogP contribution in [0, 0.1) is 11.8 Å². The monoisotopic (exact) mass is 316 g/mol. The molecule has 0 aromatic rings. The molecule has 0 atom stereocenters. The van der Waals surface area contributed by atoms with Gasteiger partial charge in [-0.1, -0.05) is 41.5 Å². The number of morpholine rings is 1. The smallest absolute Gasteiger partial charge is 0.224 e. The summed E-state index contributed by atoms with van der Waals surface area (Å²) in [6, 6.07) is 0. The average molecular weight is 317 g/mol. The van der Waals surface area contributed by atoms with Gasteiger partial charge >= 0.3 is 0 Å². The molecule has 0 radical (unpaired) electrons. The normalized spacial score (nSPS) is 14.8. The zero-order valence-corrected chi connectivity index (χ0v) is 16.3. The van der Waals surface area contributed by atoms with Crippen LogP contribution in [0.4, 0.5) is 0 Å². The summed E-state index contributed by atoms with van der Waals surface area (Å²) in [4.78, 5) is 14.9. The molecule has 0 bridgehead atoms. The van der Waals surface area contributed by atoms with Crippen molar-refractivity contribution in [2.24, 2.45) is 11.8 Å².